The van der Waals surface area contributed by atoms with Crippen LogP contribution in [0.1, 0.15) is 94.6 Å². The highest BCUT2D eigenvalue weighted by atomic mass is 14.4. The Labute approximate surface area is 179 Å². The van der Waals surface area contributed by atoms with Crippen LogP contribution < -0.4 is 0 Å². The van der Waals surface area contributed by atoms with Crippen LogP contribution in [-0.4, -0.2) is 0 Å². The van der Waals surface area contributed by atoms with Crippen molar-refractivity contribution in [3.05, 3.63) is 59.7 Å². The average molecular weight is 389 g/mol. The van der Waals surface area contributed by atoms with Gasteiger partial charge in [0.05, 0.1) is 0 Å². The molecule has 29 heavy (non-hydrogen) atoms. The fraction of sp³-hybridized carbons (Fsp3) is 0.586. The van der Waals surface area contributed by atoms with Crippen molar-refractivity contribution in [2.75, 3.05) is 0 Å². The van der Waals surface area contributed by atoms with E-state index in [9.17, 15) is 0 Å². The highest BCUT2D eigenvalue weighted by Gasteiger charge is 2.35. The topological polar surface area (TPSA) is 0 Å². The van der Waals surface area contributed by atoms with Crippen LogP contribution in [0.4, 0.5) is 0 Å². The molecule has 0 spiro atoms. The second-order valence-corrected chi connectivity index (χ2v) is 10.0. The maximum absolute atomic E-state index is 2.42. The maximum Gasteiger partial charge on any atom is -0.0159 e. The van der Waals surface area contributed by atoms with Crippen molar-refractivity contribution in [1.29, 1.82) is 0 Å². The molecule has 0 heteroatoms. The largest absolute Gasteiger partial charge is 0.0654 e. The van der Waals surface area contributed by atoms with Gasteiger partial charge in [0.1, 0.15) is 0 Å². The van der Waals surface area contributed by atoms with E-state index in [1.165, 1.54) is 87.3 Å². The fourth-order valence-corrected chi connectivity index (χ4v) is 6.10. The normalized spacial score (nSPS) is 26.8. The van der Waals surface area contributed by atoms with Gasteiger partial charge in [-0.05, 0) is 79.4 Å². The van der Waals surface area contributed by atoms with Gasteiger partial charge in [0.25, 0.3) is 0 Å². The predicted molar refractivity (Wildman–Crippen MR) is 126 cm³/mol. The van der Waals surface area contributed by atoms with E-state index in [0.29, 0.717) is 0 Å². The van der Waals surface area contributed by atoms with Gasteiger partial charge < -0.3 is 0 Å². The average Bonchev–Trinajstić information content (AvgIpc) is 2.77. The van der Waals surface area contributed by atoms with Crippen LogP contribution >= 0.6 is 0 Å². The lowest BCUT2D eigenvalue weighted by Crippen LogP contribution is -2.30. The van der Waals surface area contributed by atoms with Crippen molar-refractivity contribution < 1.29 is 0 Å². The van der Waals surface area contributed by atoms with Gasteiger partial charge in [-0.25, -0.2) is 0 Å². The van der Waals surface area contributed by atoms with Crippen molar-refractivity contribution in [2.45, 2.75) is 90.4 Å². The van der Waals surface area contributed by atoms with Crippen LogP contribution in [0.2, 0.25) is 0 Å². The SMILES string of the molecule is CCCCCCC1CCC2CC(c3ccc(-c4ccc(C)cc4)cc3)CCC2C1. The number of rotatable bonds is 7. The Morgan fingerprint density at radius 3 is 2.07 bits per heavy atom. The van der Waals surface area contributed by atoms with Crippen molar-refractivity contribution in [3.8, 4) is 11.1 Å². The van der Waals surface area contributed by atoms with Crippen molar-refractivity contribution in [3.63, 3.8) is 0 Å². The summed E-state index contributed by atoms with van der Waals surface area (Å²) in [6.07, 6.45) is 16.1. The number of aryl methyl sites for hydroxylation is 1. The first-order chi connectivity index (χ1) is 14.2. The van der Waals surface area contributed by atoms with Crippen LogP contribution in [-0.2, 0) is 0 Å². The van der Waals surface area contributed by atoms with Gasteiger partial charge in [0.2, 0.25) is 0 Å². The molecule has 2 aliphatic carbocycles. The standard InChI is InChI=1S/C29H40/c1-3-4-5-6-7-23-10-13-29-21-28(19-18-27(29)20-23)26-16-14-25(15-17-26)24-11-8-22(2)9-12-24/h8-9,11-12,14-17,23,27-29H,3-7,10,13,18-21H2,1-2H3. The molecule has 0 heterocycles. The Morgan fingerprint density at radius 2 is 1.34 bits per heavy atom. The lowest BCUT2D eigenvalue weighted by atomic mass is 9.63. The molecule has 0 saturated heterocycles. The minimum atomic E-state index is 0.796. The van der Waals surface area contributed by atoms with Gasteiger partial charge >= 0.3 is 0 Å². The summed E-state index contributed by atoms with van der Waals surface area (Å²) >= 11 is 0. The lowest BCUT2D eigenvalue weighted by Gasteiger charge is -2.42. The maximum atomic E-state index is 2.42. The number of benzene rings is 2. The first-order valence-corrected chi connectivity index (χ1v) is 12.4. The molecule has 0 radical (unpaired) electrons. The van der Waals surface area contributed by atoms with E-state index < -0.39 is 0 Å². The van der Waals surface area contributed by atoms with Gasteiger partial charge in [0.15, 0.2) is 0 Å². The van der Waals surface area contributed by atoms with Crippen molar-refractivity contribution in [1.82, 2.24) is 0 Å². The zero-order valence-corrected chi connectivity index (χ0v) is 18.7. The first kappa shape index (κ1) is 20.7. The van der Waals surface area contributed by atoms with E-state index in [0.717, 1.165) is 23.7 Å². The molecule has 2 aromatic rings. The molecule has 2 fully saturated rings. The zero-order valence-electron chi connectivity index (χ0n) is 18.7. The lowest BCUT2D eigenvalue weighted by molar-refractivity contribution is 0.113. The smallest absolute Gasteiger partial charge is 0.0159 e. The summed E-state index contributed by atoms with van der Waals surface area (Å²) in [7, 11) is 0. The van der Waals surface area contributed by atoms with Gasteiger partial charge in [-0.2, -0.15) is 0 Å². The molecule has 0 aromatic heterocycles. The molecule has 2 aliphatic rings. The molecule has 2 aromatic carbocycles. The van der Waals surface area contributed by atoms with Gasteiger partial charge in [-0.15, -0.1) is 0 Å². The summed E-state index contributed by atoms with van der Waals surface area (Å²) in [5, 5.41) is 0. The summed E-state index contributed by atoms with van der Waals surface area (Å²) in [6, 6.07) is 18.4. The summed E-state index contributed by atoms with van der Waals surface area (Å²) in [5.74, 6) is 3.86. The number of hydrogen-bond acceptors (Lipinski definition) is 0. The minimum absolute atomic E-state index is 0.796. The van der Waals surface area contributed by atoms with Crippen molar-refractivity contribution >= 4 is 0 Å². The molecule has 0 bridgehead atoms. The highest BCUT2D eigenvalue weighted by molar-refractivity contribution is 5.64. The number of fused-ring (bicyclic) bond motifs is 1. The molecular weight excluding hydrogens is 348 g/mol. The Morgan fingerprint density at radius 1 is 0.690 bits per heavy atom. The Bertz CT molecular complexity index is 739. The Balaban J connectivity index is 1.30. The summed E-state index contributed by atoms with van der Waals surface area (Å²) in [4.78, 5) is 0. The zero-order chi connectivity index (χ0) is 20.1. The quantitative estimate of drug-likeness (QED) is 0.415. The molecule has 4 atom stereocenters. The monoisotopic (exact) mass is 388 g/mol. The first-order valence-electron chi connectivity index (χ1n) is 12.4. The van der Waals surface area contributed by atoms with Crippen LogP contribution in [0.25, 0.3) is 11.1 Å². The fourth-order valence-electron chi connectivity index (χ4n) is 6.10. The van der Waals surface area contributed by atoms with E-state index in [2.05, 4.69) is 62.4 Å². The summed E-state index contributed by atoms with van der Waals surface area (Å²) in [5.41, 5.74) is 5.60. The third-order valence-electron chi connectivity index (χ3n) is 7.95. The molecule has 0 aliphatic heterocycles. The molecule has 0 nitrogen and oxygen atoms in total. The van der Waals surface area contributed by atoms with E-state index in [-0.39, 0.29) is 0 Å². The van der Waals surface area contributed by atoms with Gasteiger partial charge in [-0.3, -0.25) is 0 Å². The summed E-state index contributed by atoms with van der Waals surface area (Å²) < 4.78 is 0. The second kappa shape index (κ2) is 9.96. The number of hydrogen-bond donors (Lipinski definition) is 0. The molecule has 0 amide bonds. The Kier molecular flexibility index (Phi) is 7.11. The molecule has 4 unspecified atom stereocenters. The third kappa shape index (κ3) is 5.33. The summed E-state index contributed by atoms with van der Waals surface area (Å²) in [6.45, 7) is 4.48. The molecule has 156 valence electrons. The minimum Gasteiger partial charge on any atom is -0.0654 e. The van der Waals surface area contributed by atoms with E-state index in [1.807, 2.05) is 0 Å². The van der Waals surface area contributed by atoms with Crippen LogP contribution in [0, 0.1) is 24.7 Å². The van der Waals surface area contributed by atoms with E-state index in [1.54, 1.807) is 5.56 Å². The van der Waals surface area contributed by atoms with E-state index in [4.69, 9.17) is 0 Å². The van der Waals surface area contributed by atoms with Crippen molar-refractivity contribution in [2.24, 2.45) is 17.8 Å². The van der Waals surface area contributed by atoms with E-state index >= 15 is 0 Å². The van der Waals surface area contributed by atoms with Crippen LogP contribution in [0.5, 0.6) is 0 Å². The van der Waals surface area contributed by atoms with Gasteiger partial charge in [0, 0.05) is 0 Å². The Hall–Kier alpha value is -1.56. The van der Waals surface area contributed by atoms with Gasteiger partial charge in [-0.1, -0.05) is 99.5 Å². The second-order valence-electron chi connectivity index (χ2n) is 10.0. The highest BCUT2D eigenvalue weighted by Crippen LogP contribution is 2.48. The predicted octanol–water partition coefficient (Wildman–Crippen LogP) is 8.93. The third-order valence-corrected chi connectivity index (χ3v) is 7.95. The molecule has 2 saturated carbocycles. The molecule has 4 rings (SSSR count). The van der Waals surface area contributed by atoms with Crippen LogP contribution in [0.15, 0.2) is 48.5 Å². The number of unbranched alkanes of at least 4 members (excludes halogenated alkanes) is 3. The molecule has 0 N–H and O–H groups in total. The van der Waals surface area contributed by atoms with Crippen LogP contribution in [0.3, 0.4) is 0 Å². The molecular formula is C29H40.